The minimum Gasteiger partial charge on any atom is -0.155 e. The summed E-state index contributed by atoms with van der Waals surface area (Å²) in [6.07, 6.45) is 5.98. The number of rotatable bonds is 2. The van der Waals surface area contributed by atoms with E-state index in [4.69, 9.17) is 0 Å². The maximum Gasteiger partial charge on any atom is 0.00555 e. The molecule has 2 aliphatic carbocycles. The Morgan fingerprint density at radius 2 is 1.58 bits per heavy atom. The summed E-state index contributed by atoms with van der Waals surface area (Å²) in [7, 11) is 0. The molecule has 0 amide bonds. The van der Waals surface area contributed by atoms with Gasteiger partial charge in [-0.3, -0.25) is 0 Å². The number of hydrogen-bond donors (Lipinski definition) is 0. The van der Waals surface area contributed by atoms with E-state index in [2.05, 4.69) is 32.5 Å². The molecule has 1 heteroatoms. The van der Waals surface area contributed by atoms with Gasteiger partial charge in [-0.25, -0.2) is 0 Å². The molecule has 0 aromatic carbocycles. The van der Waals surface area contributed by atoms with Crippen LogP contribution in [0.5, 0.6) is 0 Å². The van der Waals surface area contributed by atoms with Gasteiger partial charge < -0.3 is 0 Å². The average molecular weight is 184 g/mol. The largest absolute Gasteiger partial charge is 0.155 e. The van der Waals surface area contributed by atoms with E-state index < -0.39 is 0 Å². The highest BCUT2D eigenvalue weighted by Gasteiger charge is 2.39. The Morgan fingerprint density at radius 3 is 2.00 bits per heavy atom. The monoisotopic (exact) mass is 184 g/mol. The maximum absolute atomic E-state index is 2.38. The van der Waals surface area contributed by atoms with Crippen molar-refractivity contribution in [2.75, 3.05) is 0 Å². The second kappa shape index (κ2) is 2.94. The zero-order valence-electron chi connectivity index (χ0n) is 8.47. The van der Waals surface area contributed by atoms with Crippen LogP contribution in [0, 0.1) is 11.3 Å². The van der Waals surface area contributed by atoms with Gasteiger partial charge in [0, 0.05) is 10.5 Å². The minimum atomic E-state index is 0.570. The second-order valence-corrected chi connectivity index (χ2v) is 7.10. The maximum atomic E-state index is 2.38. The average Bonchev–Trinajstić information content (AvgIpc) is 2.56. The quantitative estimate of drug-likeness (QED) is 0.630. The third kappa shape index (κ3) is 1.99. The Labute approximate surface area is 80.5 Å². The first-order chi connectivity index (χ1) is 5.55. The van der Waals surface area contributed by atoms with Crippen molar-refractivity contribution in [3.05, 3.63) is 0 Å². The van der Waals surface area contributed by atoms with Gasteiger partial charge >= 0.3 is 0 Å². The highest BCUT2D eigenvalue weighted by Crippen LogP contribution is 2.50. The number of hydrogen-bond acceptors (Lipinski definition) is 1. The molecule has 12 heavy (non-hydrogen) atoms. The predicted molar refractivity (Wildman–Crippen MR) is 56.6 cm³/mol. The first-order valence-electron chi connectivity index (χ1n) is 5.21. The van der Waals surface area contributed by atoms with Crippen LogP contribution in [0.1, 0.15) is 46.5 Å². The fraction of sp³-hybridized carbons (Fsp3) is 1.00. The molecule has 0 saturated heterocycles. The van der Waals surface area contributed by atoms with E-state index in [-0.39, 0.29) is 0 Å². The van der Waals surface area contributed by atoms with E-state index in [1.54, 1.807) is 0 Å². The van der Waals surface area contributed by atoms with Crippen molar-refractivity contribution < 1.29 is 0 Å². The molecule has 0 aromatic heterocycles. The van der Waals surface area contributed by atoms with Gasteiger partial charge in [-0.05, 0) is 37.0 Å². The van der Waals surface area contributed by atoms with Crippen LogP contribution in [0.25, 0.3) is 0 Å². The Hall–Kier alpha value is 0.350. The Bertz CT molecular complexity index is 158. The van der Waals surface area contributed by atoms with Crippen molar-refractivity contribution in [1.82, 2.24) is 0 Å². The topological polar surface area (TPSA) is 0 Å². The lowest BCUT2D eigenvalue weighted by molar-refractivity contribution is 0.147. The van der Waals surface area contributed by atoms with E-state index in [0.717, 1.165) is 16.4 Å². The summed E-state index contributed by atoms with van der Waals surface area (Å²) in [6, 6.07) is 0. The van der Waals surface area contributed by atoms with E-state index in [0.29, 0.717) is 5.41 Å². The van der Waals surface area contributed by atoms with Crippen LogP contribution in [0.15, 0.2) is 0 Å². The molecule has 70 valence electrons. The van der Waals surface area contributed by atoms with Gasteiger partial charge in [0.1, 0.15) is 0 Å². The molecule has 0 nitrogen and oxygen atoms in total. The second-order valence-electron chi connectivity index (χ2n) is 5.49. The molecule has 2 saturated carbocycles. The summed E-state index contributed by atoms with van der Waals surface area (Å²) in [5.74, 6) is 1.01. The minimum absolute atomic E-state index is 0.570. The molecule has 2 fully saturated rings. The van der Waals surface area contributed by atoms with Gasteiger partial charge in [0.2, 0.25) is 0 Å². The molecule has 0 unspecified atom stereocenters. The SMILES string of the molecule is CC(C)(C)C1CC(SC2CC2)C1. The van der Waals surface area contributed by atoms with Crippen molar-refractivity contribution in [1.29, 1.82) is 0 Å². The Kier molecular flexibility index (Phi) is 2.18. The van der Waals surface area contributed by atoms with Crippen LogP contribution < -0.4 is 0 Å². The van der Waals surface area contributed by atoms with Crippen LogP contribution in [0.2, 0.25) is 0 Å². The molecule has 0 aromatic rings. The zero-order chi connectivity index (χ0) is 8.77. The Morgan fingerprint density at radius 1 is 1.00 bits per heavy atom. The molecule has 0 radical (unpaired) electrons. The summed E-state index contributed by atoms with van der Waals surface area (Å²) < 4.78 is 0. The lowest BCUT2D eigenvalue weighted by Crippen LogP contribution is -2.35. The number of thioether (sulfide) groups is 1. The summed E-state index contributed by atoms with van der Waals surface area (Å²) in [6.45, 7) is 7.15. The highest BCUT2D eigenvalue weighted by molar-refractivity contribution is 8.00. The standard InChI is InChI=1S/C11H20S/c1-11(2,3)8-6-10(7-8)12-9-4-5-9/h8-10H,4-7H2,1-3H3. The predicted octanol–water partition coefficient (Wildman–Crippen LogP) is 3.71. The van der Waals surface area contributed by atoms with Crippen molar-refractivity contribution in [3.8, 4) is 0 Å². The third-order valence-electron chi connectivity index (χ3n) is 3.23. The molecule has 2 aliphatic rings. The van der Waals surface area contributed by atoms with Crippen molar-refractivity contribution in [3.63, 3.8) is 0 Å². The lowest BCUT2D eigenvalue weighted by atomic mass is 9.68. The van der Waals surface area contributed by atoms with Crippen molar-refractivity contribution in [2.45, 2.75) is 57.0 Å². The third-order valence-corrected chi connectivity index (χ3v) is 4.85. The molecular weight excluding hydrogens is 164 g/mol. The van der Waals surface area contributed by atoms with Crippen molar-refractivity contribution in [2.24, 2.45) is 11.3 Å². The van der Waals surface area contributed by atoms with E-state index in [1.807, 2.05) is 0 Å². The van der Waals surface area contributed by atoms with E-state index in [9.17, 15) is 0 Å². The van der Waals surface area contributed by atoms with Crippen molar-refractivity contribution >= 4 is 11.8 Å². The summed E-state index contributed by atoms with van der Waals surface area (Å²) in [4.78, 5) is 0. The molecule has 0 atom stereocenters. The van der Waals surface area contributed by atoms with E-state index >= 15 is 0 Å². The smallest absolute Gasteiger partial charge is 0.00555 e. The molecule has 0 N–H and O–H groups in total. The zero-order valence-corrected chi connectivity index (χ0v) is 9.29. The van der Waals surface area contributed by atoms with Crippen LogP contribution in [-0.4, -0.2) is 10.5 Å². The fourth-order valence-corrected chi connectivity index (χ4v) is 3.50. The first-order valence-corrected chi connectivity index (χ1v) is 6.15. The molecular formula is C11H20S. The van der Waals surface area contributed by atoms with Gasteiger partial charge in [-0.15, -0.1) is 0 Å². The van der Waals surface area contributed by atoms with Crippen LogP contribution >= 0.6 is 11.8 Å². The normalized spacial score (nSPS) is 36.2. The lowest BCUT2D eigenvalue weighted by Gasteiger charge is -2.43. The fourth-order valence-electron chi connectivity index (χ4n) is 1.86. The van der Waals surface area contributed by atoms with Gasteiger partial charge in [0.25, 0.3) is 0 Å². The summed E-state index contributed by atoms with van der Waals surface area (Å²) >= 11 is 2.27. The molecule has 0 aliphatic heterocycles. The molecule has 0 heterocycles. The van der Waals surface area contributed by atoms with Crippen LogP contribution in [0.3, 0.4) is 0 Å². The summed E-state index contributed by atoms with van der Waals surface area (Å²) in [5, 5.41) is 2.10. The summed E-state index contributed by atoms with van der Waals surface area (Å²) in [5.41, 5.74) is 0.570. The molecule has 0 bridgehead atoms. The molecule has 2 rings (SSSR count). The van der Waals surface area contributed by atoms with Gasteiger partial charge in [0.05, 0.1) is 0 Å². The van der Waals surface area contributed by atoms with E-state index in [1.165, 1.54) is 25.7 Å². The Balaban J connectivity index is 1.68. The van der Waals surface area contributed by atoms with Gasteiger partial charge in [0.15, 0.2) is 0 Å². The van der Waals surface area contributed by atoms with Gasteiger partial charge in [-0.2, -0.15) is 11.8 Å². The van der Waals surface area contributed by atoms with Crippen LogP contribution in [0.4, 0.5) is 0 Å². The first kappa shape index (κ1) is 8.93. The van der Waals surface area contributed by atoms with Gasteiger partial charge in [-0.1, -0.05) is 20.8 Å². The highest BCUT2D eigenvalue weighted by atomic mass is 32.2. The van der Waals surface area contributed by atoms with Crippen LogP contribution in [-0.2, 0) is 0 Å². The molecule has 0 spiro atoms.